The van der Waals surface area contributed by atoms with Crippen LogP contribution >= 0.6 is 0 Å². The Hall–Kier alpha value is -4.32. The molecule has 0 spiro atoms. The fraction of sp³-hybridized carbons (Fsp3) is 0.469. The van der Waals surface area contributed by atoms with Crippen LogP contribution in [0.2, 0.25) is 0 Å². The van der Waals surface area contributed by atoms with Gasteiger partial charge in [-0.25, -0.2) is 0 Å². The molecule has 4 aromatic rings. The minimum Gasteiger partial charge on any atom is -0.542 e. The van der Waals surface area contributed by atoms with Crippen molar-refractivity contribution in [3.05, 3.63) is 158 Å². The fourth-order valence-electron chi connectivity index (χ4n) is 5.88. The molecule has 0 heterocycles. The standard InChI is InChI=1S/C18H24O2.C12H14O.C10H14.C9H11.C6H12O.C2H3O.3C2H6.CH4.Y/c1-13-5-10-18(14(2)11-13)12-17(8-6-15(3)19)9-7-16(4)20;1-9-4-6-12(10(2)8-9)7-5-11(3)13;1-4-10-6-5-8(2)7-9(10)3;1-7-4-5-8(2)9(3)6-7;1-3-4-5-6(2)7;1-2-3;3*1-2;;/h5,10-12H,6-9H2,1-4H3;4-8H,1-3H3;5-7H,4H2,1-3H3;4-6H,2H2,1,3H3;3-5H2,1-2H3;1H3;3*1-2H3;1H4;/q;;;-1;;-1;;;;;/b;7-5+;;;;;;;;;. The van der Waals surface area contributed by atoms with Gasteiger partial charge in [0, 0.05) is 52.0 Å². The Labute approximate surface area is 457 Å². The van der Waals surface area contributed by atoms with Gasteiger partial charge >= 0.3 is 0 Å². The summed E-state index contributed by atoms with van der Waals surface area (Å²) in [5, 5.41) is 0. The second kappa shape index (κ2) is 52.5. The van der Waals surface area contributed by atoms with Crippen LogP contribution < -0.4 is 0 Å². The molecule has 0 aliphatic rings. The third-order valence-electron chi connectivity index (χ3n) is 9.56. The van der Waals surface area contributed by atoms with Gasteiger partial charge in [-0.15, -0.1) is 12.1 Å². The van der Waals surface area contributed by atoms with Crippen molar-refractivity contribution < 1.29 is 56.7 Å². The Morgan fingerprint density at radius 3 is 1.19 bits per heavy atom. The first-order valence-electron chi connectivity index (χ1n) is 24.8. The van der Waals surface area contributed by atoms with Gasteiger partial charge in [0.2, 0.25) is 0 Å². The van der Waals surface area contributed by atoms with Crippen LogP contribution in [-0.2, 0) is 63.1 Å². The van der Waals surface area contributed by atoms with Gasteiger partial charge in [-0.05, 0) is 141 Å². The average Bonchev–Trinajstić information content (AvgIpc) is 3.29. The predicted octanol–water partition coefficient (Wildman–Crippen LogP) is 18.3. The van der Waals surface area contributed by atoms with Gasteiger partial charge in [0.15, 0.2) is 5.78 Å². The van der Waals surface area contributed by atoms with Gasteiger partial charge < -0.3 is 19.2 Å². The van der Waals surface area contributed by atoms with E-state index in [-0.39, 0.29) is 57.5 Å². The molecule has 5 nitrogen and oxygen atoms in total. The van der Waals surface area contributed by atoms with Crippen molar-refractivity contribution in [2.75, 3.05) is 0 Å². The molecule has 391 valence electrons. The maximum Gasteiger partial charge on any atom is 0.152 e. The number of allylic oxidation sites excluding steroid dienone is 2. The van der Waals surface area contributed by atoms with E-state index in [2.05, 4.69) is 130 Å². The molecule has 0 aromatic heterocycles. The maximum absolute atomic E-state index is 11.2. The largest absolute Gasteiger partial charge is 0.542 e. The molecule has 0 saturated heterocycles. The number of benzene rings is 4. The number of unbranched alkanes of at least 4 members (excludes halogenated alkanes) is 1. The van der Waals surface area contributed by atoms with Gasteiger partial charge in [-0.1, -0.05) is 171 Å². The molecule has 0 atom stereocenters. The average molecular weight is 1040 g/mol. The van der Waals surface area contributed by atoms with Crippen molar-refractivity contribution in [3.8, 4) is 0 Å². The molecule has 70 heavy (non-hydrogen) atoms. The number of ketones is 4. The van der Waals surface area contributed by atoms with Crippen molar-refractivity contribution in [1.82, 2.24) is 0 Å². The molecule has 0 saturated carbocycles. The Morgan fingerprint density at radius 2 is 0.886 bits per heavy atom. The number of carbonyl (C=O) groups is 4. The molecular weight excluding hydrogens is 938 g/mol. The summed E-state index contributed by atoms with van der Waals surface area (Å²) < 4.78 is 0. The van der Waals surface area contributed by atoms with E-state index in [1.807, 2.05) is 72.7 Å². The first-order chi connectivity index (χ1) is 32.1. The van der Waals surface area contributed by atoms with Crippen molar-refractivity contribution >= 4 is 41.6 Å². The normalized spacial score (nSPS) is 8.87. The van der Waals surface area contributed by atoms with Gasteiger partial charge in [0.05, 0.1) is 0 Å². The third-order valence-corrected chi connectivity index (χ3v) is 9.56. The second-order valence-electron chi connectivity index (χ2n) is 16.1. The molecule has 0 bridgehead atoms. The summed E-state index contributed by atoms with van der Waals surface area (Å²) in [6.45, 7) is 44.6. The third kappa shape index (κ3) is 47.4. The Morgan fingerprint density at radius 1 is 0.529 bits per heavy atom. The number of rotatable bonds is 13. The molecule has 0 N–H and O–H groups in total. The van der Waals surface area contributed by atoms with E-state index in [0.29, 0.717) is 18.6 Å². The van der Waals surface area contributed by atoms with Crippen molar-refractivity contribution in [3.63, 3.8) is 0 Å². The minimum absolute atomic E-state index is 0. The topological polar surface area (TPSA) is 85.3 Å². The molecule has 4 rings (SSSR count). The summed E-state index contributed by atoms with van der Waals surface area (Å²) in [7, 11) is 0. The fourth-order valence-corrected chi connectivity index (χ4v) is 5.88. The summed E-state index contributed by atoms with van der Waals surface area (Å²) in [6, 6.07) is 25.4. The number of aryl methyl sites for hydroxylation is 9. The smallest absolute Gasteiger partial charge is 0.152 e. The Bertz CT molecular complexity index is 2030. The summed E-state index contributed by atoms with van der Waals surface area (Å²) >= 11 is 0. The van der Waals surface area contributed by atoms with E-state index in [4.69, 9.17) is 4.79 Å². The van der Waals surface area contributed by atoms with Gasteiger partial charge in [0.25, 0.3) is 0 Å². The SMILES string of the molecule is C.CC.CC.CC.CC(=O)/C=C/c1ccc(C)cc1C.CC(=O)CCC(=Cc1ccc(C)cc1C)CCC(C)=O.CCCCC(C)=O.CCc1ccc(C)cc1C.C[C-]=O.[CH2-]c1ccc(C)cc1C.[Y]. The zero-order chi connectivity index (χ0) is 53.8. The zero-order valence-corrected chi connectivity index (χ0v) is 50.5. The van der Waals surface area contributed by atoms with Gasteiger partial charge in [-0.2, -0.15) is 31.0 Å². The Kier molecular flexibility index (Phi) is 59.9. The van der Waals surface area contributed by atoms with E-state index >= 15 is 0 Å². The van der Waals surface area contributed by atoms with E-state index in [0.717, 1.165) is 49.7 Å². The number of hydrogen-bond donors (Lipinski definition) is 0. The van der Waals surface area contributed by atoms with E-state index < -0.39 is 0 Å². The number of carbonyl (C=O) groups excluding carboxylic acids is 5. The summed E-state index contributed by atoms with van der Waals surface area (Å²) in [5.74, 6) is 0.778. The molecule has 0 fully saturated rings. The summed E-state index contributed by atoms with van der Waals surface area (Å²) in [6.07, 6.45) is 13.8. The van der Waals surface area contributed by atoms with Crippen LogP contribution in [0.25, 0.3) is 12.2 Å². The van der Waals surface area contributed by atoms with Crippen LogP contribution in [0.3, 0.4) is 0 Å². The Balaban J connectivity index is -0.000000140. The number of hydrogen-bond acceptors (Lipinski definition) is 5. The molecular formula is C64H100O5Y-2. The van der Waals surface area contributed by atoms with Gasteiger partial charge in [0.1, 0.15) is 17.3 Å². The summed E-state index contributed by atoms with van der Waals surface area (Å²) in [4.78, 5) is 51.9. The van der Waals surface area contributed by atoms with E-state index in [1.54, 1.807) is 33.8 Å². The molecule has 0 unspecified atom stereocenters. The van der Waals surface area contributed by atoms with Crippen molar-refractivity contribution in [2.24, 2.45) is 0 Å². The predicted molar refractivity (Wildman–Crippen MR) is 307 cm³/mol. The van der Waals surface area contributed by atoms with E-state index in [1.165, 1.54) is 74.4 Å². The van der Waals surface area contributed by atoms with Crippen LogP contribution in [0, 0.1) is 62.3 Å². The van der Waals surface area contributed by atoms with Crippen LogP contribution in [-0.4, -0.2) is 29.4 Å². The molecule has 0 aliphatic carbocycles. The van der Waals surface area contributed by atoms with Crippen molar-refractivity contribution in [1.29, 1.82) is 0 Å². The zero-order valence-electron chi connectivity index (χ0n) is 47.6. The monoisotopic (exact) mass is 1040 g/mol. The second-order valence-corrected chi connectivity index (χ2v) is 16.1. The summed E-state index contributed by atoms with van der Waals surface area (Å²) in [5.41, 5.74) is 16.3. The number of Topliss-reactive ketones (excluding diaryl/α,β-unsaturated/α-hetero) is 3. The van der Waals surface area contributed by atoms with Gasteiger partial charge in [-0.3, -0.25) is 11.1 Å². The molecule has 0 aliphatic heterocycles. The molecule has 1 radical (unpaired) electrons. The van der Waals surface area contributed by atoms with Crippen LogP contribution in [0.15, 0.2) is 84.4 Å². The maximum atomic E-state index is 11.2. The first kappa shape index (κ1) is 79.8. The first-order valence-corrected chi connectivity index (χ1v) is 24.8. The van der Waals surface area contributed by atoms with Crippen molar-refractivity contribution in [2.45, 2.75) is 204 Å². The molecule has 4 aromatic carbocycles. The quantitative estimate of drug-likeness (QED) is 0.0984. The van der Waals surface area contributed by atoms with Crippen LogP contribution in [0.5, 0.6) is 0 Å². The van der Waals surface area contributed by atoms with E-state index in [9.17, 15) is 19.2 Å². The molecule has 6 heteroatoms. The van der Waals surface area contributed by atoms with Crippen LogP contribution in [0.4, 0.5) is 0 Å². The molecule has 0 amide bonds. The minimum atomic E-state index is 0. The van der Waals surface area contributed by atoms with Crippen LogP contribution in [0.1, 0.15) is 209 Å².